The molecule has 100 valence electrons. The van der Waals surface area contributed by atoms with Gasteiger partial charge >= 0.3 is 11.9 Å². The number of benzene rings is 2. The molecule has 0 aliphatic heterocycles. The molecule has 4 nitrogen and oxygen atoms in total. The average Bonchev–Trinajstić information content (AvgIpc) is 2.48. The van der Waals surface area contributed by atoms with Crippen molar-refractivity contribution in [1.82, 2.24) is 0 Å². The van der Waals surface area contributed by atoms with Gasteiger partial charge in [-0.3, -0.25) is 0 Å². The first-order valence-corrected chi connectivity index (χ1v) is 5.63. The average molecular weight is 268 g/mol. The maximum Gasteiger partial charge on any atom is 0.335 e. The van der Waals surface area contributed by atoms with Crippen LogP contribution in [-0.2, 0) is 0 Å². The summed E-state index contributed by atoms with van der Waals surface area (Å²) in [6.07, 6.45) is 5.10. The number of terminal acetylenes is 1. The van der Waals surface area contributed by atoms with E-state index in [0.29, 0.717) is 0 Å². The Labute approximate surface area is 116 Å². The molecule has 2 rings (SSSR count). The number of carbonyl (C=O) groups is 2. The van der Waals surface area contributed by atoms with Crippen molar-refractivity contribution in [3.63, 3.8) is 0 Å². The van der Waals surface area contributed by atoms with Crippen LogP contribution < -0.4 is 0 Å². The third-order valence-electron chi connectivity index (χ3n) is 2.32. The van der Waals surface area contributed by atoms with Crippen LogP contribution in [0.5, 0.6) is 0 Å². The standard InChI is InChI=1S/C8H6O4.C8H6/c9-7(10)5-1-2-6(4-3-5)8(11)12;1-2-8-6-4-3-5-7-8/h1-4H,(H,9,10)(H,11,12);1,3-7H. The summed E-state index contributed by atoms with van der Waals surface area (Å²) >= 11 is 0. The van der Waals surface area contributed by atoms with E-state index in [1.54, 1.807) is 0 Å². The first-order valence-electron chi connectivity index (χ1n) is 5.63. The Morgan fingerprint density at radius 1 is 0.800 bits per heavy atom. The highest BCUT2D eigenvalue weighted by Crippen LogP contribution is 2.03. The van der Waals surface area contributed by atoms with Crippen molar-refractivity contribution < 1.29 is 19.8 Å². The minimum absolute atomic E-state index is 0.0833. The highest BCUT2D eigenvalue weighted by Gasteiger charge is 2.04. The Morgan fingerprint density at radius 2 is 1.20 bits per heavy atom. The summed E-state index contributed by atoms with van der Waals surface area (Å²) in [5.74, 6) is 0.401. The molecule has 20 heavy (non-hydrogen) atoms. The van der Waals surface area contributed by atoms with Crippen molar-refractivity contribution in [1.29, 1.82) is 0 Å². The van der Waals surface area contributed by atoms with E-state index in [1.807, 2.05) is 30.3 Å². The number of rotatable bonds is 2. The first-order chi connectivity index (χ1) is 9.54. The zero-order valence-electron chi connectivity index (χ0n) is 10.5. The molecule has 2 N–H and O–H groups in total. The zero-order chi connectivity index (χ0) is 15.0. The van der Waals surface area contributed by atoms with Gasteiger partial charge < -0.3 is 10.2 Å². The molecule has 2 aromatic carbocycles. The summed E-state index contributed by atoms with van der Waals surface area (Å²) in [6.45, 7) is 0. The van der Waals surface area contributed by atoms with E-state index in [-0.39, 0.29) is 11.1 Å². The largest absolute Gasteiger partial charge is 0.478 e. The number of carboxylic acid groups (broad SMARTS) is 2. The van der Waals surface area contributed by atoms with Gasteiger partial charge in [-0.1, -0.05) is 24.1 Å². The fourth-order valence-corrected chi connectivity index (χ4v) is 1.29. The lowest BCUT2D eigenvalue weighted by atomic mass is 10.1. The Balaban J connectivity index is 0.000000217. The summed E-state index contributed by atoms with van der Waals surface area (Å²) in [4.78, 5) is 20.7. The number of hydrogen-bond donors (Lipinski definition) is 2. The van der Waals surface area contributed by atoms with Gasteiger partial charge in [0.2, 0.25) is 0 Å². The van der Waals surface area contributed by atoms with Crippen LogP contribution in [0.25, 0.3) is 0 Å². The van der Waals surface area contributed by atoms with Gasteiger partial charge in [0.1, 0.15) is 0 Å². The molecule has 0 saturated heterocycles. The summed E-state index contributed by atoms with van der Waals surface area (Å²) in [7, 11) is 0. The molecule has 0 radical (unpaired) electrons. The lowest BCUT2D eigenvalue weighted by Crippen LogP contribution is -1.99. The third kappa shape index (κ3) is 4.67. The Morgan fingerprint density at radius 3 is 1.45 bits per heavy atom. The molecule has 0 aliphatic carbocycles. The molecule has 0 fully saturated rings. The molecule has 0 atom stereocenters. The van der Waals surface area contributed by atoms with E-state index in [0.717, 1.165) is 5.56 Å². The monoisotopic (exact) mass is 268 g/mol. The molecule has 0 aliphatic rings. The van der Waals surface area contributed by atoms with Gasteiger partial charge in [0.25, 0.3) is 0 Å². The molecular formula is C16H12O4. The molecule has 0 bridgehead atoms. The summed E-state index contributed by atoms with van der Waals surface area (Å²) in [5, 5.41) is 16.9. The van der Waals surface area contributed by atoms with Gasteiger partial charge in [-0.05, 0) is 36.4 Å². The zero-order valence-corrected chi connectivity index (χ0v) is 10.5. The second kappa shape index (κ2) is 7.39. The maximum atomic E-state index is 10.3. The van der Waals surface area contributed by atoms with E-state index >= 15 is 0 Å². The van der Waals surface area contributed by atoms with E-state index in [9.17, 15) is 9.59 Å². The molecule has 0 aromatic heterocycles. The predicted octanol–water partition coefficient (Wildman–Crippen LogP) is 2.75. The summed E-state index contributed by atoms with van der Waals surface area (Å²) < 4.78 is 0. The molecule has 0 unspecified atom stereocenters. The van der Waals surface area contributed by atoms with Crippen molar-refractivity contribution >= 4 is 11.9 Å². The fraction of sp³-hybridized carbons (Fsp3) is 0. The van der Waals surface area contributed by atoms with E-state index in [2.05, 4.69) is 5.92 Å². The van der Waals surface area contributed by atoms with Crippen molar-refractivity contribution in [2.24, 2.45) is 0 Å². The molecule has 0 heterocycles. The van der Waals surface area contributed by atoms with E-state index in [4.69, 9.17) is 16.6 Å². The number of aromatic carboxylic acids is 2. The third-order valence-corrected chi connectivity index (χ3v) is 2.32. The topological polar surface area (TPSA) is 74.6 Å². The summed E-state index contributed by atoms with van der Waals surface area (Å²) in [6, 6.07) is 14.6. The summed E-state index contributed by atoms with van der Waals surface area (Å²) in [5.41, 5.74) is 1.10. The van der Waals surface area contributed by atoms with Crippen LogP contribution in [0.3, 0.4) is 0 Å². The Kier molecular flexibility index (Phi) is 5.54. The molecule has 0 spiro atoms. The van der Waals surface area contributed by atoms with Gasteiger partial charge in [-0.2, -0.15) is 0 Å². The fourth-order valence-electron chi connectivity index (χ4n) is 1.29. The van der Waals surface area contributed by atoms with Crippen LogP contribution in [0.1, 0.15) is 26.3 Å². The lowest BCUT2D eigenvalue weighted by Gasteiger charge is -1.94. The number of hydrogen-bond acceptors (Lipinski definition) is 2. The van der Waals surface area contributed by atoms with Crippen LogP contribution in [0.2, 0.25) is 0 Å². The highest BCUT2D eigenvalue weighted by atomic mass is 16.4. The van der Waals surface area contributed by atoms with Crippen LogP contribution in [0.15, 0.2) is 54.6 Å². The predicted molar refractivity (Wildman–Crippen MR) is 74.7 cm³/mol. The Hall–Kier alpha value is -3.06. The molecule has 4 heteroatoms. The second-order valence-electron chi connectivity index (χ2n) is 3.70. The Bertz CT molecular complexity index is 589. The smallest absolute Gasteiger partial charge is 0.335 e. The normalized spacial score (nSPS) is 8.75. The van der Waals surface area contributed by atoms with Crippen LogP contribution in [0, 0.1) is 12.3 Å². The highest BCUT2D eigenvalue weighted by molar-refractivity contribution is 5.91. The van der Waals surface area contributed by atoms with Gasteiger partial charge in [0, 0.05) is 5.56 Å². The molecule has 0 amide bonds. The SMILES string of the molecule is C#Cc1ccccc1.O=C(O)c1ccc(C(=O)O)cc1. The van der Waals surface area contributed by atoms with E-state index < -0.39 is 11.9 Å². The van der Waals surface area contributed by atoms with Gasteiger partial charge in [-0.25, -0.2) is 9.59 Å². The molecular weight excluding hydrogens is 256 g/mol. The first kappa shape index (κ1) is 15.0. The van der Waals surface area contributed by atoms with Crippen molar-refractivity contribution in [3.05, 3.63) is 71.3 Å². The van der Waals surface area contributed by atoms with Gasteiger partial charge in [0.05, 0.1) is 11.1 Å². The van der Waals surface area contributed by atoms with Crippen LogP contribution >= 0.6 is 0 Å². The molecule has 2 aromatic rings. The maximum absolute atomic E-state index is 10.3. The number of carboxylic acids is 2. The van der Waals surface area contributed by atoms with Crippen LogP contribution in [-0.4, -0.2) is 22.2 Å². The van der Waals surface area contributed by atoms with Crippen molar-refractivity contribution in [3.8, 4) is 12.3 Å². The lowest BCUT2D eigenvalue weighted by molar-refractivity contribution is 0.0681. The molecule has 0 saturated carbocycles. The quantitative estimate of drug-likeness (QED) is 0.821. The van der Waals surface area contributed by atoms with E-state index in [1.165, 1.54) is 24.3 Å². The van der Waals surface area contributed by atoms with Crippen LogP contribution in [0.4, 0.5) is 0 Å². The van der Waals surface area contributed by atoms with Gasteiger partial charge in [0.15, 0.2) is 0 Å². The van der Waals surface area contributed by atoms with Crippen molar-refractivity contribution in [2.45, 2.75) is 0 Å². The van der Waals surface area contributed by atoms with Gasteiger partial charge in [-0.15, -0.1) is 6.42 Å². The minimum atomic E-state index is -1.06. The second-order valence-corrected chi connectivity index (χ2v) is 3.70. The van der Waals surface area contributed by atoms with Crippen molar-refractivity contribution in [2.75, 3.05) is 0 Å². The minimum Gasteiger partial charge on any atom is -0.478 e.